The highest BCUT2D eigenvalue weighted by atomic mass is 19.2. The van der Waals surface area contributed by atoms with Crippen LogP contribution in [0.3, 0.4) is 0 Å². The molecule has 4 heterocycles. The van der Waals surface area contributed by atoms with Crippen molar-refractivity contribution in [1.29, 1.82) is 5.26 Å². The van der Waals surface area contributed by atoms with Gasteiger partial charge in [0.1, 0.15) is 30.4 Å². The molecule has 2 aliphatic heterocycles. The predicted molar refractivity (Wildman–Crippen MR) is 147 cm³/mol. The van der Waals surface area contributed by atoms with Crippen molar-refractivity contribution in [2.45, 2.75) is 51.2 Å². The number of rotatable bonds is 10. The Morgan fingerprint density at radius 3 is 2.63 bits per heavy atom. The Balaban J connectivity index is 1.07. The van der Waals surface area contributed by atoms with Crippen molar-refractivity contribution in [3.05, 3.63) is 77.0 Å². The first-order chi connectivity index (χ1) is 20.9. The maximum atomic E-state index is 13.6. The second-order valence-corrected chi connectivity index (χ2v) is 10.5. The Morgan fingerprint density at radius 2 is 1.91 bits per heavy atom. The smallest absolute Gasteiger partial charge is 0.335 e. The molecule has 0 radical (unpaired) electrons. The van der Waals surface area contributed by atoms with Gasteiger partial charge in [0.25, 0.3) is 0 Å². The summed E-state index contributed by atoms with van der Waals surface area (Å²) >= 11 is 0. The number of carbonyl (C=O) groups is 1. The van der Waals surface area contributed by atoms with Crippen LogP contribution in [0.25, 0.3) is 11.0 Å². The summed E-state index contributed by atoms with van der Waals surface area (Å²) < 4.78 is 46.4. The number of imidazole rings is 1. The van der Waals surface area contributed by atoms with Gasteiger partial charge in [-0.15, -0.1) is 0 Å². The minimum absolute atomic E-state index is 0.0726. The average Bonchev–Trinajstić information content (AvgIpc) is 3.32. The average molecular weight is 591 g/mol. The van der Waals surface area contributed by atoms with E-state index in [1.165, 1.54) is 6.20 Å². The lowest BCUT2D eigenvalue weighted by molar-refractivity contribution is -0.0592. The maximum absolute atomic E-state index is 13.6. The lowest BCUT2D eigenvalue weighted by Gasteiger charge is -2.32. The van der Waals surface area contributed by atoms with Crippen molar-refractivity contribution in [2.24, 2.45) is 0 Å². The monoisotopic (exact) mass is 590 g/mol. The number of carboxylic acids is 1. The molecule has 2 fully saturated rings. The molecule has 2 saturated heterocycles. The van der Waals surface area contributed by atoms with Crippen molar-refractivity contribution >= 4 is 17.0 Å². The van der Waals surface area contributed by atoms with Crippen molar-refractivity contribution in [2.75, 3.05) is 19.7 Å². The molecule has 2 aromatic heterocycles. The van der Waals surface area contributed by atoms with E-state index in [1.807, 2.05) is 0 Å². The van der Waals surface area contributed by atoms with Gasteiger partial charge in [-0.05, 0) is 43.5 Å². The third-order valence-electron chi connectivity index (χ3n) is 7.62. The first kappa shape index (κ1) is 28.4. The second kappa shape index (κ2) is 12.3. The van der Waals surface area contributed by atoms with Crippen molar-refractivity contribution in [3.8, 4) is 17.7 Å². The molecular formula is C30H28F2N6O5. The first-order valence-corrected chi connectivity index (χ1v) is 13.9. The van der Waals surface area contributed by atoms with Crippen molar-refractivity contribution in [1.82, 2.24) is 24.4 Å². The van der Waals surface area contributed by atoms with E-state index in [0.717, 1.165) is 67.9 Å². The van der Waals surface area contributed by atoms with E-state index in [2.05, 4.69) is 19.4 Å². The van der Waals surface area contributed by atoms with Gasteiger partial charge >= 0.3 is 5.97 Å². The molecule has 222 valence electrons. The van der Waals surface area contributed by atoms with Gasteiger partial charge < -0.3 is 23.9 Å². The summed E-state index contributed by atoms with van der Waals surface area (Å²) in [6.07, 6.45) is 4.02. The summed E-state index contributed by atoms with van der Waals surface area (Å²) in [5.41, 5.74) is 1.65. The van der Waals surface area contributed by atoms with Crippen molar-refractivity contribution in [3.63, 3.8) is 0 Å². The maximum Gasteiger partial charge on any atom is 0.335 e. The molecule has 1 atom stereocenters. The SMILES string of the molecule is N#Cc1cc(F)c(F)cc1OCc1nccc(OC2CCN(Cc3nc4ccc(C(=O)O)cc4n3C[C@@H]3CCO3)CC2)n1. The zero-order valence-electron chi connectivity index (χ0n) is 23.1. The number of hydrogen-bond acceptors (Lipinski definition) is 9. The van der Waals surface area contributed by atoms with E-state index in [9.17, 15) is 23.9 Å². The molecule has 2 aromatic carbocycles. The molecule has 13 heteroatoms. The summed E-state index contributed by atoms with van der Waals surface area (Å²) in [4.78, 5) is 27.2. The Morgan fingerprint density at radius 1 is 1.12 bits per heavy atom. The topological polar surface area (TPSA) is 136 Å². The van der Waals surface area contributed by atoms with Gasteiger partial charge in [0.05, 0.1) is 41.4 Å². The van der Waals surface area contributed by atoms with Gasteiger partial charge in [0, 0.05) is 38.0 Å². The lowest BCUT2D eigenvalue weighted by atomic mass is 10.1. The third-order valence-corrected chi connectivity index (χ3v) is 7.62. The highest BCUT2D eigenvalue weighted by molar-refractivity contribution is 5.92. The van der Waals surface area contributed by atoms with E-state index in [0.29, 0.717) is 19.0 Å². The summed E-state index contributed by atoms with van der Waals surface area (Å²) in [5.74, 6) is -1.81. The molecule has 11 nitrogen and oxygen atoms in total. The number of aromatic nitrogens is 4. The molecule has 0 unspecified atom stereocenters. The number of carboxylic acid groups (broad SMARTS) is 1. The first-order valence-electron chi connectivity index (χ1n) is 13.9. The van der Waals surface area contributed by atoms with Gasteiger partial charge in [-0.3, -0.25) is 4.90 Å². The fourth-order valence-corrected chi connectivity index (χ4v) is 5.21. The summed E-state index contributed by atoms with van der Waals surface area (Å²) in [5, 5.41) is 18.7. The van der Waals surface area contributed by atoms with Crippen LogP contribution in [0.1, 0.15) is 46.8 Å². The molecule has 0 spiro atoms. The number of nitrogens with zero attached hydrogens (tertiary/aromatic N) is 6. The van der Waals surface area contributed by atoms with E-state index in [4.69, 9.17) is 19.2 Å². The predicted octanol–water partition coefficient (Wildman–Crippen LogP) is 4.09. The summed E-state index contributed by atoms with van der Waals surface area (Å²) in [7, 11) is 0. The van der Waals surface area contributed by atoms with E-state index >= 15 is 0 Å². The second-order valence-electron chi connectivity index (χ2n) is 10.5. The minimum atomic E-state index is -1.13. The van der Waals surface area contributed by atoms with Gasteiger partial charge in [-0.25, -0.2) is 23.5 Å². The van der Waals surface area contributed by atoms with Crippen LogP contribution < -0.4 is 9.47 Å². The Bertz CT molecular complexity index is 1690. The quantitative estimate of drug-likeness (QED) is 0.288. The van der Waals surface area contributed by atoms with Crippen LogP contribution in [0.5, 0.6) is 11.6 Å². The minimum Gasteiger partial charge on any atom is -0.484 e. The molecule has 0 saturated carbocycles. The van der Waals surface area contributed by atoms with E-state index < -0.39 is 17.6 Å². The Kier molecular flexibility index (Phi) is 8.13. The number of halogens is 2. The van der Waals surface area contributed by atoms with E-state index in [-0.39, 0.29) is 41.5 Å². The Hall–Kier alpha value is -4.67. The molecule has 6 rings (SSSR count). The molecule has 0 amide bonds. The van der Waals surface area contributed by atoms with Gasteiger partial charge in [-0.2, -0.15) is 10.2 Å². The normalized spacial score (nSPS) is 17.4. The molecule has 0 bridgehead atoms. The van der Waals surface area contributed by atoms with Crippen LogP contribution in [0.15, 0.2) is 42.6 Å². The van der Waals surface area contributed by atoms with Gasteiger partial charge in [0.15, 0.2) is 17.5 Å². The van der Waals surface area contributed by atoms with Gasteiger partial charge in [-0.1, -0.05) is 0 Å². The molecule has 43 heavy (non-hydrogen) atoms. The number of ether oxygens (including phenoxy) is 3. The molecule has 2 aliphatic rings. The number of fused-ring (bicyclic) bond motifs is 1. The summed E-state index contributed by atoms with van der Waals surface area (Å²) in [6, 6.07) is 10.0. The lowest BCUT2D eigenvalue weighted by Crippen LogP contribution is -2.39. The molecule has 0 aliphatic carbocycles. The molecular weight excluding hydrogens is 562 g/mol. The largest absolute Gasteiger partial charge is 0.484 e. The fourth-order valence-electron chi connectivity index (χ4n) is 5.21. The molecule has 1 N–H and O–H groups in total. The van der Waals surface area contributed by atoms with E-state index in [1.54, 1.807) is 30.3 Å². The number of hydrogen-bond donors (Lipinski definition) is 1. The van der Waals surface area contributed by atoms with Crippen LogP contribution in [0.2, 0.25) is 0 Å². The van der Waals surface area contributed by atoms with Crippen LogP contribution >= 0.6 is 0 Å². The third kappa shape index (κ3) is 6.40. The zero-order valence-corrected chi connectivity index (χ0v) is 23.1. The van der Waals surface area contributed by atoms with Crippen molar-refractivity contribution < 1.29 is 32.9 Å². The Labute approximate surface area is 245 Å². The standard InChI is InChI=1S/C30H28F2N6O5/c31-22-11-19(14-33)26(13-23(22)32)42-17-27-34-7-3-29(36-27)43-20-4-8-37(9-5-20)16-28-35-24-2-1-18(30(39)40)12-25(24)38(28)15-21-6-10-41-21/h1-3,7,11-13,20-21H,4-6,8-10,15-17H2,(H,39,40)/t21-/m0/s1. The highest BCUT2D eigenvalue weighted by Gasteiger charge is 2.26. The number of benzene rings is 2. The van der Waals surface area contributed by atoms with Crippen LogP contribution in [0, 0.1) is 23.0 Å². The number of nitriles is 1. The summed E-state index contributed by atoms with van der Waals surface area (Å²) in [6.45, 7) is 3.35. The fraction of sp³-hybridized carbons (Fsp3) is 0.367. The van der Waals surface area contributed by atoms with Crippen LogP contribution in [0.4, 0.5) is 8.78 Å². The number of likely N-dealkylation sites (tertiary alicyclic amines) is 1. The van der Waals surface area contributed by atoms with Crippen LogP contribution in [-0.2, 0) is 24.4 Å². The highest BCUT2D eigenvalue weighted by Crippen LogP contribution is 2.26. The zero-order chi connectivity index (χ0) is 29.9. The molecule has 4 aromatic rings. The van der Waals surface area contributed by atoms with Gasteiger partial charge in [0.2, 0.25) is 5.88 Å². The van der Waals surface area contributed by atoms with Crippen LogP contribution in [-0.4, -0.2) is 67.4 Å². The number of piperidine rings is 1. The number of aromatic carboxylic acids is 1.